The SMILES string of the molecule is CC(Cc1ccc(OCOc2cccc3c2OC(C)(C)C3)c(F)c1)C(=O)O. The summed E-state index contributed by atoms with van der Waals surface area (Å²) in [5.74, 6) is -0.733. The molecule has 1 aliphatic heterocycles. The second-order valence-corrected chi connectivity index (χ2v) is 7.40. The Morgan fingerprint density at radius 1 is 1.26 bits per heavy atom. The van der Waals surface area contributed by atoms with E-state index in [4.69, 9.17) is 19.3 Å². The van der Waals surface area contributed by atoms with Crippen molar-refractivity contribution in [3.8, 4) is 17.2 Å². The average molecular weight is 374 g/mol. The van der Waals surface area contributed by atoms with Crippen LogP contribution in [0.4, 0.5) is 4.39 Å². The van der Waals surface area contributed by atoms with Crippen molar-refractivity contribution in [2.24, 2.45) is 5.92 Å². The normalized spacial score (nSPS) is 15.6. The summed E-state index contributed by atoms with van der Waals surface area (Å²) in [6.07, 6.45) is 1.05. The summed E-state index contributed by atoms with van der Waals surface area (Å²) in [5.41, 5.74) is 1.39. The molecule has 2 aromatic carbocycles. The molecule has 0 amide bonds. The number of fused-ring (bicyclic) bond motifs is 1. The summed E-state index contributed by atoms with van der Waals surface area (Å²) in [6, 6.07) is 10.1. The Morgan fingerprint density at radius 3 is 2.70 bits per heavy atom. The summed E-state index contributed by atoms with van der Waals surface area (Å²) >= 11 is 0. The second kappa shape index (κ2) is 7.47. The highest BCUT2D eigenvalue weighted by molar-refractivity contribution is 5.69. The van der Waals surface area contributed by atoms with E-state index >= 15 is 0 Å². The molecule has 2 aromatic rings. The maximum atomic E-state index is 14.2. The fourth-order valence-corrected chi connectivity index (χ4v) is 3.09. The van der Waals surface area contributed by atoms with Gasteiger partial charge in [0, 0.05) is 12.0 Å². The van der Waals surface area contributed by atoms with Crippen LogP contribution < -0.4 is 14.2 Å². The lowest BCUT2D eigenvalue weighted by atomic mass is 10.0. The number of rotatable bonds is 7. The van der Waals surface area contributed by atoms with E-state index in [-0.39, 0.29) is 24.6 Å². The van der Waals surface area contributed by atoms with E-state index in [1.807, 2.05) is 26.0 Å². The molecule has 144 valence electrons. The van der Waals surface area contributed by atoms with Crippen molar-refractivity contribution in [1.82, 2.24) is 0 Å². The molecule has 6 heteroatoms. The molecule has 1 aliphatic rings. The van der Waals surface area contributed by atoms with Gasteiger partial charge in [-0.3, -0.25) is 4.79 Å². The third kappa shape index (κ3) is 4.51. The quantitative estimate of drug-likeness (QED) is 0.735. The molecule has 5 nitrogen and oxygen atoms in total. The van der Waals surface area contributed by atoms with Gasteiger partial charge < -0.3 is 19.3 Å². The predicted molar refractivity (Wildman–Crippen MR) is 97.9 cm³/mol. The summed E-state index contributed by atoms with van der Waals surface area (Å²) in [6.45, 7) is 5.44. The molecule has 0 saturated heterocycles. The zero-order valence-electron chi connectivity index (χ0n) is 15.6. The van der Waals surface area contributed by atoms with Gasteiger partial charge in [-0.1, -0.05) is 25.1 Å². The Labute approximate surface area is 157 Å². The number of para-hydroxylation sites is 1. The molecular formula is C21H23FO5. The molecule has 1 unspecified atom stereocenters. The van der Waals surface area contributed by atoms with Crippen molar-refractivity contribution in [2.45, 2.75) is 39.2 Å². The van der Waals surface area contributed by atoms with Crippen molar-refractivity contribution in [1.29, 1.82) is 0 Å². The first-order chi connectivity index (χ1) is 12.7. The predicted octanol–water partition coefficient (Wildman–Crippen LogP) is 4.22. The number of ether oxygens (including phenoxy) is 3. The molecule has 1 N–H and O–H groups in total. The van der Waals surface area contributed by atoms with Gasteiger partial charge >= 0.3 is 5.97 Å². The Hall–Kier alpha value is -2.76. The van der Waals surface area contributed by atoms with E-state index in [0.717, 1.165) is 12.0 Å². The van der Waals surface area contributed by atoms with Crippen LogP contribution in [0.5, 0.6) is 17.2 Å². The van der Waals surface area contributed by atoms with Crippen LogP contribution in [-0.4, -0.2) is 23.5 Å². The van der Waals surface area contributed by atoms with Gasteiger partial charge in [-0.25, -0.2) is 4.39 Å². The van der Waals surface area contributed by atoms with Crippen molar-refractivity contribution in [3.63, 3.8) is 0 Å². The van der Waals surface area contributed by atoms with Gasteiger partial charge in [-0.15, -0.1) is 0 Å². The largest absolute Gasteiger partial charge is 0.483 e. The number of carboxylic acids is 1. The molecule has 0 aliphatic carbocycles. The van der Waals surface area contributed by atoms with Crippen LogP contribution in [0.1, 0.15) is 31.9 Å². The minimum atomic E-state index is -0.912. The third-order valence-corrected chi connectivity index (χ3v) is 4.44. The second-order valence-electron chi connectivity index (χ2n) is 7.40. The topological polar surface area (TPSA) is 65.0 Å². The number of aliphatic carboxylic acids is 1. The van der Waals surface area contributed by atoms with Crippen LogP contribution in [0.3, 0.4) is 0 Å². The minimum Gasteiger partial charge on any atom is -0.483 e. The smallest absolute Gasteiger partial charge is 0.306 e. The van der Waals surface area contributed by atoms with Crippen LogP contribution in [0.25, 0.3) is 0 Å². The first kappa shape index (κ1) is 19.0. The summed E-state index contributed by atoms with van der Waals surface area (Å²) < 4.78 is 31.1. The van der Waals surface area contributed by atoms with E-state index in [0.29, 0.717) is 17.1 Å². The van der Waals surface area contributed by atoms with Gasteiger partial charge in [-0.05, 0) is 44.0 Å². The monoisotopic (exact) mass is 374 g/mol. The lowest BCUT2D eigenvalue weighted by Crippen LogP contribution is -2.24. The molecule has 0 radical (unpaired) electrons. The van der Waals surface area contributed by atoms with Crippen molar-refractivity contribution >= 4 is 5.97 Å². The van der Waals surface area contributed by atoms with Crippen molar-refractivity contribution in [2.75, 3.05) is 6.79 Å². The molecule has 0 saturated carbocycles. The fraction of sp³-hybridized carbons (Fsp3) is 0.381. The van der Waals surface area contributed by atoms with E-state index in [1.54, 1.807) is 19.1 Å². The van der Waals surface area contributed by atoms with E-state index in [1.165, 1.54) is 12.1 Å². The van der Waals surface area contributed by atoms with Crippen LogP contribution >= 0.6 is 0 Å². The summed E-state index contributed by atoms with van der Waals surface area (Å²) in [4.78, 5) is 10.9. The van der Waals surface area contributed by atoms with Gasteiger partial charge in [0.2, 0.25) is 6.79 Å². The van der Waals surface area contributed by atoms with Gasteiger partial charge in [0.05, 0.1) is 5.92 Å². The number of carbonyl (C=O) groups is 1. The van der Waals surface area contributed by atoms with E-state index in [9.17, 15) is 9.18 Å². The average Bonchev–Trinajstić information content (AvgIpc) is 2.91. The Kier molecular flexibility index (Phi) is 5.26. The molecule has 27 heavy (non-hydrogen) atoms. The third-order valence-electron chi connectivity index (χ3n) is 4.44. The maximum absolute atomic E-state index is 14.2. The van der Waals surface area contributed by atoms with Gasteiger partial charge in [0.1, 0.15) is 5.60 Å². The number of carboxylic acid groups (broad SMARTS) is 1. The molecule has 0 aromatic heterocycles. The van der Waals surface area contributed by atoms with Crippen LogP contribution in [-0.2, 0) is 17.6 Å². The molecule has 0 spiro atoms. The number of halogens is 1. The van der Waals surface area contributed by atoms with Gasteiger partial charge in [-0.2, -0.15) is 0 Å². The zero-order valence-corrected chi connectivity index (χ0v) is 15.6. The van der Waals surface area contributed by atoms with Crippen LogP contribution in [0.2, 0.25) is 0 Å². The maximum Gasteiger partial charge on any atom is 0.306 e. The first-order valence-electron chi connectivity index (χ1n) is 8.83. The highest BCUT2D eigenvalue weighted by Gasteiger charge is 2.32. The standard InChI is InChI=1S/C21H23FO5/c1-13(20(23)24)9-14-7-8-17(16(22)10-14)25-12-26-18-6-4-5-15-11-21(2,3)27-19(15)18/h4-8,10,13H,9,11-12H2,1-3H3,(H,23,24). The van der Waals surface area contributed by atoms with Crippen LogP contribution in [0, 0.1) is 11.7 Å². The molecule has 0 fully saturated rings. The minimum absolute atomic E-state index is 0.0514. The summed E-state index contributed by atoms with van der Waals surface area (Å²) in [7, 11) is 0. The lowest BCUT2D eigenvalue weighted by Gasteiger charge is -2.18. The van der Waals surface area contributed by atoms with Gasteiger partial charge in [0.15, 0.2) is 23.1 Å². The zero-order chi connectivity index (χ0) is 19.6. The summed E-state index contributed by atoms with van der Waals surface area (Å²) in [5, 5.41) is 8.95. The Bertz CT molecular complexity index is 846. The van der Waals surface area contributed by atoms with E-state index < -0.39 is 17.7 Å². The molecule has 3 rings (SSSR count). The highest BCUT2D eigenvalue weighted by Crippen LogP contribution is 2.41. The first-order valence-corrected chi connectivity index (χ1v) is 8.83. The number of hydrogen-bond acceptors (Lipinski definition) is 4. The Balaban J connectivity index is 1.61. The molecule has 1 atom stereocenters. The molecular weight excluding hydrogens is 351 g/mol. The van der Waals surface area contributed by atoms with Gasteiger partial charge in [0.25, 0.3) is 0 Å². The van der Waals surface area contributed by atoms with E-state index in [2.05, 4.69) is 0 Å². The number of hydrogen-bond donors (Lipinski definition) is 1. The van der Waals surface area contributed by atoms with Crippen molar-refractivity contribution in [3.05, 3.63) is 53.3 Å². The molecule has 1 heterocycles. The Morgan fingerprint density at radius 2 is 2.00 bits per heavy atom. The van der Waals surface area contributed by atoms with Crippen molar-refractivity contribution < 1.29 is 28.5 Å². The lowest BCUT2D eigenvalue weighted by molar-refractivity contribution is -0.141. The fourth-order valence-electron chi connectivity index (χ4n) is 3.09. The highest BCUT2D eigenvalue weighted by atomic mass is 19.1. The van der Waals surface area contributed by atoms with Crippen LogP contribution in [0.15, 0.2) is 36.4 Å². The molecule has 0 bridgehead atoms. The number of benzene rings is 2.